The number of carbonyl (C=O) groups excluding carboxylic acids is 3. The predicted molar refractivity (Wildman–Crippen MR) is 248 cm³/mol. The molecular formula is C49H50Cl2F3N7O6. The van der Waals surface area contributed by atoms with E-state index in [9.17, 15) is 37.8 Å². The summed E-state index contributed by atoms with van der Waals surface area (Å²) in [5.74, 6) is -1.41. The smallest absolute Gasteiger partial charge is 0.405 e. The van der Waals surface area contributed by atoms with Crippen molar-refractivity contribution in [3.63, 3.8) is 0 Å². The van der Waals surface area contributed by atoms with Crippen LogP contribution in [0.3, 0.4) is 0 Å². The number of ether oxygens (including phenoxy) is 1. The molecule has 6 aromatic rings. The molecule has 1 saturated heterocycles. The Bertz CT molecular complexity index is 2600. The molecule has 352 valence electrons. The first kappa shape index (κ1) is 48.9. The van der Waals surface area contributed by atoms with Crippen molar-refractivity contribution < 1.29 is 42.5 Å². The molecule has 5 heterocycles. The summed E-state index contributed by atoms with van der Waals surface area (Å²) in [6.45, 7) is -0.186. The van der Waals surface area contributed by atoms with E-state index in [0.717, 1.165) is 28.8 Å². The number of hydrogen-bond acceptors (Lipinski definition) is 9. The van der Waals surface area contributed by atoms with Crippen molar-refractivity contribution >= 4 is 41.3 Å². The molecule has 2 amide bonds. The SMILES string of the molecule is O=C(N[C@H]1c2ccccc2OC[C@H]1O)[C@H](Cc1cccnc1)C[C@H](O)CN1CCN(Cc2ccn(-c3cccc(Cl)c3)c2)C[C@H]1C(=O)NCC(F)(F)F.O=Cc1ccn(-c2cccc(Cl)c2)c1. The molecule has 13 nitrogen and oxygen atoms in total. The minimum Gasteiger partial charge on any atom is -0.490 e. The molecule has 0 spiro atoms. The van der Waals surface area contributed by atoms with E-state index < -0.39 is 54.7 Å². The van der Waals surface area contributed by atoms with Crippen LogP contribution in [0.5, 0.6) is 5.75 Å². The number of nitrogens with zero attached hydrogens (tertiary/aromatic N) is 5. The number of hydrogen-bond donors (Lipinski definition) is 4. The number of piperazine rings is 1. The number of rotatable bonds is 15. The summed E-state index contributed by atoms with van der Waals surface area (Å²) in [6.07, 6.45) is 4.98. The molecular weight excluding hydrogens is 910 g/mol. The molecule has 0 bridgehead atoms. The Morgan fingerprint density at radius 2 is 1.61 bits per heavy atom. The van der Waals surface area contributed by atoms with E-state index in [4.69, 9.17) is 27.9 Å². The summed E-state index contributed by atoms with van der Waals surface area (Å²) in [6, 6.07) is 27.5. The zero-order chi connectivity index (χ0) is 47.5. The van der Waals surface area contributed by atoms with Gasteiger partial charge in [-0.2, -0.15) is 13.2 Å². The number of halogens is 5. The van der Waals surface area contributed by atoms with Crippen LogP contribution in [0.25, 0.3) is 11.4 Å². The number of aliphatic hydroxyl groups excluding tert-OH is 2. The van der Waals surface area contributed by atoms with Gasteiger partial charge in [-0.05, 0) is 84.6 Å². The molecule has 8 rings (SSSR count). The largest absolute Gasteiger partial charge is 0.490 e. The number of pyridine rings is 1. The summed E-state index contributed by atoms with van der Waals surface area (Å²) in [7, 11) is 0. The topological polar surface area (TPSA) is 154 Å². The number of fused-ring (bicyclic) bond motifs is 1. The van der Waals surface area contributed by atoms with Crippen molar-refractivity contribution in [3.05, 3.63) is 167 Å². The lowest BCUT2D eigenvalue weighted by Gasteiger charge is -2.41. The number of para-hydroxylation sites is 1. The lowest BCUT2D eigenvalue weighted by molar-refractivity contribution is -0.143. The highest BCUT2D eigenvalue weighted by molar-refractivity contribution is 6.31. The molecule has 0 saturated carbocycles. The maximum Gasteiger partial charge on any atom is 0.405 e. The molecule has 0 unspecified atom stereocenters. The van der Waals surface area contributed by atoms with Gasteiger partial charge in [0.15, 0.2) is 6.29 Å². The van der Waals surface area contributed by atoms with Crippen LogP contribution in [0.4, 0.5) is 13.2 Å². The second-order valence-corrected chi connectivity index (χ2v) is 17.4. The van der Waals surface area contributed by atoms with Gasteiger partial charge in [0, 0.05) is 108 Å². The molecule has 5 atom stereocenters. The standard InChI is InChI=1S/C38H42ClF3N6O5.C11H8ClNO/c39-28-6-3-7-29(17-28)47-12-10-26(20-47)19-46-13-14-48(32(22-46)37(52)44-24-38(40,41)42)21-30(49)16-27(15-25-5-4-11-43-18-25)36(51)45-35-31-8-1-2-9-34(31)53-23-33(35)50;12-10-2-1-3-11(6-10)13-5-4-9(7-13)8-14/h1-12,17-18,20,27,30,32-33,35,49-50H,13-16,19,21-24H2,(H,44,52)(H,45,51);1-8H/t27-,30+,32+,33-,35+;/m1./s1. The quantitative estimate of drug-likeness (QED) is 0.0810. The highest BCUT2D eigenvalue weighted by Crippen LogP contribution is 2.33. The van der Waals surface area contributed by atoms with Crippen LogP contribution < -0.4 is 15.4 Å². The van der Waals surface area contributed by atoms with E-state index in [2.05, 4.69) is 10.3 Å². The summed E-state index contributed by atoms with van der Waals surface area (Å²) >= 11 is 12.0. The van der Waals surface area contributed by atoms with E-state index in [1.165, 1.54) is 0 Å². The Hall–Kier alpha value is -6.01. The van der Waals surface area contributed by atoms with Crippen molar-refractivity contribution in [2.45, 2.75) is 49.9 Å². The number of aldehydes is 1. The Labute approximate surface area is 395 Å². The number of amides is 2. The van der Waals surface area contributed by atoms with Crippen LogP contribution in [-0.4, -0.2) is 116 Å². The zero-order valence-electron chi connectivity index (χ0n) is 36.2. The first-order chi connectivity index (χ1) is 32.2. The van der Waals surface area contributed by atoms with Crippen LogP contribution in [0, 0.1) is 5.92 Å². The zero-order valence-corrected chi connectivity index (χ0v) is 37.7. The Morgan fingerprint density at radius 1 is 0.896 bits per heavy atom. The van der Waals surface area contributed by atoms with Gasteiger partial charge in [-0.3, -0.25) is 29.2 Å². The number of nitrogens with one attached hydrogen (secondary N) is 2. The summed E-state index contributed by atoms with van der Waals surface area (Å²) < 4.78 is 48.8. The van der Waals surface area contributed by atoms with Crippen LogP contribution in [0.15, 0.2) is 134 Å². The Morgan fingerprint density at radius 3 is 2.28 bits per heavy atom. The number of aromatic nitrogens is 3. The normalized spacial score (nSPS) is 18.3. The van der Waals surface area contributed by atoms with Gasteiger partial charge in [0.2, 0.25) is 11.8 Å². The van der Waals surface area contributed by atoms with E-state index in [1.54, 1.807) is 66.0 Å². The average molecular weight is 961 g/mol. The number of β-amino-alcohol motifs (C(OH)–C–C–N with tert-alkyl or cyclic N) is 1. The fourth-order valence-electron chi connectivity index (χ4n) is 8.22. The fourth-order valence-corrected chi connectivity index (χ4v) is 8.58. The van der Waals surface area contributed by atoms with Crippen LogP contribution in [0.1, 0.15) is 39.5 Å². The highest BCUT2D eigenvalue weighted by atomic mass is 35.5. The molecule has 3 aromatic carbocycles. The van der Waals surface area contributed by atoms with Crippen molar-refractivity contribution in [2.75, 3.05) is 39.3 Å². The minimum atomic E-state index is -4.59. The minimum absolute atomic E-state index is 0.00461. The molecule has 2 aliphatic heterocycles. The van der Waals surface area contributed by atoms with Gasteiger partial charge in [0.25, 0.3) is 0 Å². The molecule has 3 aromatic heterocycles. The molecule has 4 N–H and O–H groups in total. The lowest BCUT2D eigenvalue weighted by atomic mass is 9.91. The highest BCUT2D eigenvalue weighted by Gasteiger charge is 2.38. The summed E-state index contributed by atoms with van der Waals surface area (Å²) in [5.41, 5.74) is 4.81. The Balaban J connectivity index is 0.000000404. The van der Waals surface area contributed by atoms with Gasteiger partial charge in [-0.25, -0.2) is 0 Å². The van der Waals surface area contributed by atoms with Gasteiger partial charge in [-0.15, -0.1) is 0 Å². The van der Waals surface area contributed by atoms with E-state index in [1.807, 2.05) is 92.5 Å². The van der Waals surface area contributed by atoms with Crippen molar-refractivity contribution in [3.8, 4) is 17.1 Å². The first-order valence-electron chi connectivity index (χ1n) is 21.6. The fraction of sp³-hybridized carbons (Fsp3) is 0.306. The number of carbonyl (C=O) groups is 3. The van der Waals surface area contributed by atoms with Crippen molar-refractivity contribution in [1.29, 1.82) is 0 Å². The van der Waals surface area contributed by atoms with Crippen LogP contribution in [-0.2, 0) is 22.6 Å². The third-order valence-corrected chi connectivity index (χ3v) is 12.0. The van der Waals surface area contributed by atoms with E-state index >= 15 is 0 Å². The number of benzene rings is 3. The molecule has 0 aliphatic carbocycles. The second kappa shape index (κ2) is 22.7. The third-order valence-electron chi connectivity index (χ3n) is 11.5. The molecule has 2 aliphatic rings. The molecule has 67 heavy (non-hydrogen) atoms. The predicted octanol–water partition coefficient (Wildman–Crippen LogP) is 6.85. The number of alkyl halides is 3. The van der Waals surface area contributed by atoms with E-state index in [0.29, 0.717) is 46.6 Å². The summed E-state index contributed by atoms with van der Waals surface area (Å²) in [5, 5.41) is 28.5. The van der Waals surface area contributed by atoms with Crippen LogP contribution in [0.2, 0.25) is 10.0 Å². The maximum absolute atomic E-state index is 13.9. The van der Waals surface area contributed by atoms with Gasteiger partial charge < -0.3 is 34.7 Å². The molecule has 18 heteroatoms. The first-order valence-corrected chi connectivity index (χ1v) is 22.4. The van der Waals surface area contributed by atoms with Gasteiger partial charge in [-0.1, -0.05) is 59.6 Å². The van der Waals surface area contributed by atoms with Gasteiger partial charge in [0.05, 0.1) is 12.1 Å². The average Bonchev–Trinajstić information content (AvgIpc) is 4.00. The molecule has 1 fully saturated rings. The second-order valence-electron chi connectivity index (χ2n) is 16.5. The lowest BCUT2D eigenvalue weighted by Crippen LogP contribution is -2.60. The third kappa shape index (κ3) is 13.8. The van der Waals surface area contributed by atoms with Crippen LogP contribution >= 0.6 is 23.2 Å². The summed E-state index contributed by atoms with van der Waals surface area (Å²) in [4.78, 5) is 45.5. The van der Waals surface area contributed by atoms with Crippen molar-refractivity contribution in [1.82, 2.24) is 34.6 Å². The maximum atomic E-state index is 13.9. The van der Waals surface area contributed by atoms with Crippen molar-refractivity contribution in [2.24, 2.45) is 5.92 Å². The Kier molecular flexibility index (Phi) is 16.5. The van der Waals surface area contributed by atoms with Gasteiger partial charge in [0.1, 0.15) is 31.0 Å². The molecule has 0 radical (unpaired) electrons. The van der Waals surface area contributed by atoms with E-state index in [-0.39, 0.29) is 32.5 Å². The monoisotopic (exact) mass is 959 g/mol. The number of aliphatic hydroxyl groups is 2. The van der Waals surface area contributed by atoms with Gasteiger partial charge >= 0.3 is 6.18 Å².